The second-order valence-corrected chi connectivity index (χ2v) is 12.8. The standard InChI is InChI=1S/C40H73NO4/c1-3-5-7-9-11-13-14-15-16-17-18-19-20-21-22-23-24-25-26-27-29-30-32-34-38(43)37(36-42)41-40(45)39(44)35-33-31-28-12-10-8-6-4-2/h22-23,26-28,31-32,34,37-39,42-44H,3-21,24-25,29-30,33,35-36H2,1-2H3,(H,41,45)/b23-22+,27-26+,31-28-,34-32+. The number of aliphatic hydroxyl groups excluding tert-OH is 3. The van der Waals surface area contributed by atoms with Gasteiger partial charge in [-0.2, -0.15) is 0 Å². The zero-order chi connectivity index (χ0) is 33.1. The lowest BCUT2D eigenvalue weighted by atomic mass is 10.0. The molecule has 0 aromatic carbocycles. The van der Waals surface area contributed by atoms with E-state index in [9.17, 15) is 20.1 Å². The molecule has 262 valence electrons. The normalized spacial score (nSPS) is 14.3. The zero-order valence-corrected chi connectivity index (χ0v) is 29.5. The Hall–Kier alpha value is -1.69. The van der Waals surface area contributed by atoms with E-state index in [0.29, 0.717) is 12.8 Å². The number of allylic oxidation sites excluding steroid dienone is 7. The van der Waals surface area contributed by atoms with Gasteiger partial charge in [0.25, 0.3) is 0 Å². The Morgan fingerprint density at radius 1 is 0.533 bits per heavy atom. The van der Waals surface area contributed by atoms with Crippen LogP contribution < -0.4 is 5.32 Å². The number of unbranched alkanes of at least 4 members (excludes halogenated alkanes) is 19. The van der Waals surface area contributed by atoms with Gasteiger partial charge < -0.3 is 20.6 Å². The van der Waals surface area contributed by atoms with Gasteiger partial charge in [0.15, 0.2) is 0 Å². The van der Waals surface area contributed by atoms with Gasteiger partial charge in [-0.15, -0.1) is 0 Å². The van der Waals surface area contributed by atoms with E-state index in [2.05, 4.69) is 49.5 Å². The van der Waals surface area contributed by atoms with Crippen LogP contribution in [0.2, 0.25) is 0 Å². The lowest BCUT2D eigenvalue weighted by molar-refractivity contribution is -0.131. The molecule has 0 saturated heterocycles. The first-order chi connectivity index (χ1) is 22.1. The van der Waals surface area contributed by atoms with Crippen LogP contribution in [0.25, 0.3) is 0 Å². The third kappa shape index (κ3) is 30.7. The number of carbonyl (C=O) groups excluding carboxylic acids is 1. The number of hydrogen-bond acceptors (Lipinski definition) is 4. The minimum absolute atomic E-state index is 0.322. The van der Waals surface area contributed by atoms with Gasteiger partial charge in [0, 0.05) is 0 Å². The second-order valence-electron chi connectivity index (χ2n) is 12.8. The fraction of sp³-hybridized carbons (Fsp3) is 0.775. The summed E-state index contributed by atoms with van der Waals surface area (Å²) in [5.41, 5.74) is 0. The molecule has 0 bridgehead atoms. The Balaban J connectivity index is 3.78. The minimum atomic E-state index is -1.15. The molecule has 45 heavy (non-hydrogen) atoms. The molecule has 3 atom stereocenters. The van der Waals surface area contributed by atoms with Crippen LogP contribution in [-0.2, 0) is 4.79 Å². The third-order valence-corrected chi connectivity index (χ3v) is 8.38. The highest BCUT2D eigenvalue weighted by Crippen LogP contribution is 2.13. The summed E-state index contributed by atoms with van der Waals surface area (Å²) in [6.45, 7) is 4.08. The third-order valence-electron chi connectivity index (χ3n) is 8.38. The fourth-order valence-corrected chi connectivity index (χ4v) is 5.33. The molecular formula is C40H73NO4. The first-order valence-electron chi connectivity index (χ1n) is 19.0. The molecule has 0 aromatic rings. The summed E-state index contributed by atoms with van der Waals surface area (Å²) in [4.78, 5) is 12.3. The number of carbonyl (C=O) groups is 1. The van der Waals surface area contributed by atoms with Crippen molar-refractivity contribution in [2.45, 2.75) is 193 Å². The predicted octanol–water partition coefficient (Wildman–Crippen LogP) is 10.2. The SMILES string of the molecule is CCCCCC/C=C\CCC(O)C(=O)NC(CO)C(O)/C=C/CC/C=C/CC/C=C/CCCCCCCCCCCCCCC. The Bertz CT molecular complexity index is 745. The molecule has 0 fully saturated rings. The number of nitrogens with one attached hydrogen (secondary N) is 1. The van der Waals surface area contributed by atoms with Crippen LogP contribution in [0.15, 0.2) is 48.6 Å². The van der Waals surface area contributed by atoms with Crippen molar-refractivity contribution in [3.63, 3.8) is 0 Å². The average molecular weight is 632 g/mol. The summed E-state index contributed by atoms with van der Waals surface area (Å²) in [5.74, 6) is -0.556. The molecule has 3 unspecified atom stereocenters. The monoisotopic (exact) mass is 632 g/mol. The average Bonchev–Trinajstić information content (AvgIpc) is 3.04. The zero-order valence-electron chi connectivity index (χ0n) is 29.5. The Morgan fingerprint density at radius 3 is 1.38 bits per heavy atom. The lowest BCUT2D eigenvalue weighted by Crippen LogP contribution is -2.48. The Morgan fingerprint density at radius 2 is 0.911 bits per heavy atom. The van der Waals surface area contributed by atoms with Crippen LogP contribution in [0.1, 0.15) is 174 Å². The summed E-state index contributed by atoms with van der Waals surface area (Å²) in [6.07, 6.45) is 44.5. The van der Waals surface area contributed by atoms with Gasteiger partial charge in [0.1, 0.15) is 6.10 Å². The quantitative estimate of drug-likeness (QED) is 0.0429. The molecule has 5 heteroatoms. The summed E-state index contributed by atoms with van der Waals surface area (Å²) in [7, 11) is 0. The van der Waals surface area contributed by atoms with Gasteiger partial charge in [0.2, 0.25) is 5.91 Å². The van der Waals surface area contributed by atoms with E-state index in [1.165, 1.54) is 116 Å². The molecule has 0 aliphatic heterocycles. The topological polar surface area (TPSA) is 89.8 Å². The van der Waals surface area contributed by atoms with E-state index in [0.717, 1.165) is 32.1 Å². The van der Waals surface area contributed by atoms with Crippen molar-refractivity contribution in [2.75, 3.05) is 6.61 Å². The maximum atomic E-state index is 12.3. The van der Waals surface area contributed by atoms with E-state index in [1.807, 2.05) is 12.2 Å². The van der Waals surface area contributed by atoms with Crippen LogP contribution in [0.3, 0.4) is 0 Å². The van der Waals surface area contributed by atoms with E-state index in [1.54, 1.807) is 6.08 Å². The van der Waals surface area contributed by atoms with E-state index in [-0.39, 0.29) is 0 Å². The van der Waals surface area contributed by atoms with Crippen molar-refractivity contribution in [1.29, 1.82) is 0 Å². The first kappa shape index (κ1) is 43.3. The molecule has 0 aromatic heterocycles. The lowest BCUT2D eigenvalue weighted by Gasteiger charge is -2.21. The summed E-state index contributed by atoms with van der Waals surface area (Å²) in [5, 5.41) is 32.7. The molecule has 0 heterocycles. The largest absolute Gasteiger partial charge is 0.394 e. The molecule has 5 nitrogen and oxygen atoms in total. The van der Waals surface area contributed by atoms with Crippen molar-refractivity contribution in [2.24, 2.45) is 0 Å². The van der Waals surface area contributed by atoms with Crippen LogP contribution in [-0.4, -0.2) is 46.1 Å². The van der Waals surface area contributed by atoms with Crippen LogP contribution in [0, 0.1) is 0 Å². The van der Waals surface area contributed by atoms with Gasteiger partial charge in [-0.05, 0) is 64.2 Å². The van der Waals surface area contributed by atoms with E-state index < -0.39 is 30.8 Å². The van der Waals surface area contributed by atoms with Crippen LogP contribution in [0.4, 0.5) is 0 Å². The van der Waals surface area contributed by atoms with Crippen molar-refractivity contribution in [1.82, 2.24) is 5.32 Å². The maximum Gasteiger partial charge on any atom is 0.249 e. The first-order valence-corrected chi connectivity index (χ1v) is 19.0. The molecule has 0 radical (unpaired) electrons. The predicted molar refractivity (Wildman–Crippen MR) is 194 cm³/mol. The molecule has 0 spiro atoms. The number of hydrogen-bond donors (Lipinski definition) is 4. The number of amides is 1. The molecule has 0 aliphatic rings. The Kier molecular flexibility index (Phi) is 33.8. The van der Waals surface area contributed by atoms with Crippen molar-refractivity contribution < 1.29 is 20.1 Å². The van der Waals surface area contributed by atoms with Gasteiger partial charge in [0.05, 0.1) is 18.8 Å². The highest BCUT2D eigenvalue weighted by molar-refractivity contribution is 5.80. The van der Waals surface area contributed by atoms with Gasteiger partial charge >= 0.3 is 0 Å². The second kappa shape index (κ2) is 35.2. The minimum Gasteiger partial charge on any atom is -0.394 e. The molecule has 0 saturated carbocycles. The Labute approximate surface area is 278 Å². The van der Waals surface area contributed by atoms with Crippen molar-refractivity contribution >= 4 is 5.91 Å². The van der Waals surface area contributed by atoms with Crippen molar-refractivity contribution in [3.8, 4) is 0 Å². The fourth-order valence-electron chi connectivity index (χ4n) is 5.33. The molecule has 0 aliphatic carbocycles. The smallest absolute Gasteiger partial charge is 0.249 e. The number of rotatable bonds is 33. The van der Waals surface area contributed by atoms with E-state index in [4.69, 9.17) is 0 Å². The highest BCUT2D eigenvalue weighted by atomic mass is 16.3. The maximum absolute atomic E-state index is 12.3. The van der Waals surface area contributed by atoms with Crippen LogP contribution in [0.5, 0.6) is 0 Å². The summed E-state index contributed by atoms with van der Waals surface area (Å²) < 4.78 is 0. The van der Waals surface area contributed by atoms with Crippen molar-refractivity contribution in [3.05, 3.63) is 48.6 Å². The van der Waals surface area contributed by atoms with Crippen LogP contribution >= 0.6 is 0 Å². The van der Waals surface area contributed by atoms with Gasteiger partial charge in [-0.1, -0.05) is 159 Å². The van der Waals surface area contributed by atoms with E-state index >= 15 is 0 Å². The number of aliphatic hydroxyl groups is 3. The molecule has 1 amide bonds. The molecular weight excluding hydrogens is 558 g/mol. The molecule has 0 rings (SSSR count). The molecule has 4 N–H and O–H groups in total. The van der Waals surface area contributed by atoms with Gasteiger partial charge in [-0.25, -0.2) is 0 Å². The summed E-state index contributed by atoms with van der Waals surface area (Å²) >= 11 is 0. The summed E-state index contributed by atoms with van der Waals surface area (Å²) in [6, 6.07) is -0.834. The van der Waals surface area contributed by atoms with Gasteiger partial charge in [-0.3, -0.25) is 4.79 Å². The highest BCUT2D eigenvalue weighted by Gasteiger charge is 2.22.